The molecule has 3 rings (SSSR count). The van der Waals surface area contributed by atoms with Crippen LogP contribution in [-0.4, -0.2) is 28.1 Å². The highest BCUT2D eigenvalue weighted by molar-refractivity contribution is 8.03. The van der Waals surface area contributed by atoms with Crippen molar-refractivity contribution in [2.75, 3.05) is 5.75 Å². The van der Waals surface area contributed by atoms with E-state index in [0.29, 0.717) is 5.92 Å². The number of nitrogens with one attached hydrogen (secondary N) is 1. The van der Waals surface area contributed by atoms with Crippen molar-refractivity contribution < 1.29 is 4.79 Å². The summed E-state index contributed by atoms with van der Waals surface area (Å²) in [6, 6.07) is 18.4. The molecule has 0 unspecified atom stereocenters. The number of rotatable bonds is 9. The van der Waals surface area contributed by atoms with Crippen molar-refractivity contribution in [1.29, 1.82) is 0 Å². The zero-order chi connectivity index (χ0) is 20.5. The maximum atomic E-state index is 12.0. The first kappa shape index (κ1) is 21.5. The van der Waals surface area contributed by atoms with Crippen LogP contribution in [0.4, 0.5) is 0 Å². The number of hydrogen-bond donors (Lipinski definition) is 1. The van der Waals surface area contributed by atoms with E-state index in [1.54, 1.807) is 18.0 Å². The molecule has 2 aromatic carbocycles. The molecule has 0 bridgehead atoms. The molecule has 150 valence electrons. The molecule has 1 N–H and O–H groups in total. The fourth-order valence-electron chi connectivity index (χ4n) is 2.34. The number of carbonyl (C=O) groups is 1. The van der Waals surface area contributed by atoms with E-state index in [1.165, 1.54) is 34.2 Å². The molecule has 3 aromatic rings. The third kappa shape index (κ3) is 7.30. The van der Waals surface area contributed by atoms with Gasteiger partial charge >= 0.3 is 0 Å². The predicted octanol–water partition coefficient (Wildman–Crippen LogP) is 5.20. The van der Waals surface area contributed by atoms with Gasteiger partial charge in [-0.3, -0.25) is 4.79 Å². The van der Waals surface area contributed by atoms with E-state index in [1.807, 2.05) is 30.3 Å². The van der Waals surface area contributed by atoms with E-state index in [0.717, 1.165) is 20.0 Å². The fraction of sp³-hybridized carbons (Fsp3) is 0.238. The van der Waals surface area contributed by atoms with Crippen molar-refractivity contribution >= 4 is 47.0 Å². The molecule has 0 radical (unpaired) electrons. The summed E-state index contributed by atoms with van der Waals surface area (Å²) in [5.74, 6) is 1.43. The van der Waals surface area contributed by atoms with Crippen LogP contribution in [0.15, 0.2) is 68.4 Å². The van der Waals surface area contributed by atoms with Gasteiger partial charge in [-0.2, -0.15) is 5.10 Å². The summed E-state index contributed by atoms with van der Waals surface area (Å²) in [5, 5.41) is 12.3. The molecule has 0 aliphatic carbocycles. The van der Waals surface area contributed by atoms with Gasteiger partial charge in [0, 0.05) is 5.75 Å². The Morgan fingerprint density at radius 3 is 2.45 bits per heavy atom. The first-order valence-electron chi connectivity index (χ1n) is 9.15. The monoisotopic (exact) mass is 442 g/mol. The number of carbonyl (C=O) groups excluding carboxylic acids is 1. The smallest absolute Gasteiger partial charge is 0.250 e. The van der Waals surface area contributed by atoms with Crippen molar-refractivity contribution in [3.05, 3.63) is 71.3 Å². The van der Waals surface area contributed by atoms with Gasteiger partial charge in [0.2, 0.25) is 0 Å². The standard InChI is InChI=1S/C21H22N4OS3/c1-15(2)18-10-8-16(9-11-18)12-22-23-19(26)14-28-21-25-24-20(29-21)27-13-17-6-4-3-5-7-17/h3-12,15H,13-14H2,1-2H3,(H,23,26)/b22-12+. The van der Waals surface area contributed by atoms with Crippen LogP contribution < -0.4 is 5.43 Å². The van der Waals surface area contributed by atoms with Crippen LogP contribution in [0.25, 0.3) is 0 Å². The maximum Gasteiger partial charge on any atom is 0.250 e. The minimum Gasteiger partial charge on any atom is -0.272 e. The van der Waals surface area contributed by atoms with Gasteiger partial charge in [-0.1, -0.05) is 103 Å². The average Bonchev–Trinajstić information content (AvgIpc) is 3.20. The summed E-state index contributed by atoms with van der Waals surface area (Å²) in [4.78, 5) is 12.0. The average molecular weight is 443 g/mol. The number of hydrazone groups is 1. The summed E-state index contributed by atoms with van der Waals surface area (Å²) in [6.45, 7) is 4.31. The molecule has 0 aliphatic heterocycles. The Morgan fingerprint density at radius 1 is 1.07 bits per heavy atom. The lowest BCUT2D eigenvalue weighted by Gasteiger charge is -2.04. The fourth-order valence-corrected chi connectivity index (χ4v) is 5.11. The van der Waals surface area contributed by atoms with Crippen molar-refractivity contribution in [1.82, 2.24) is 15.6 Å². The number of thioether (sulfide) groups is 2. The second-order valence-electron chi connectivity index (χ2n) is 6.51. The molecule has 0 spiro atoms. The van der Waals surface area contributed by atoms with Gasteiger partial charge in [-0.05, 0) is 22.6 Å². The molecule has 0 fully saturated rings. The molecular formula is C21H22N4OS3. The van der Waals surface area contributed by atoms with Gasteiger partial charge in [-0.25, -0.2) is 5.43 Å². The molecule has 29 heavy (non-hydrogen) atoms. The number of aromatic nitrogens is 2. The van der Waals surface area contributed by atoms with E-state index in [2.05, 4.69) is 58.8 Å². The quantitative estimate of drug-likeness (QED) is 0.280. The second kappa shape index (κ2) is 11.1. The highest BCUT2D eigenvalue weighted by Crippen LogP contribution is 2.30. The summed E-state index contributed by atoms with van der Waals surface area (Å²) < 4.78 is 1.68. The highest BCUT2D eigenvalue weighted by atomic mass is 32.2. The predicted molar refractivity (Wildman–Crippen MR) is 123 cm³/mol. The molecule has 1 amide bonds. The Kier molecular flexibility index (Phi) is 8.27. The Bertz CT molecular complexity index is 940. The molecule has 0 saturated heterocycles. The summed E-state index contributed by atoms with van der Waals surface area (Å²) >= 11 is 4.52. The van der Waals surface area contributed by atoms with E-state index in [-0.39, 0.29) is 11.7 Å². The summed E-state index contributed by atoms with van der Waals surface area (Å²) in [6.07, 6.45) is 1.65. The number of amides is 1. The Morgan fingerprint density at radius 2 is 1.76 bits per heavy atom. The summed E-state index contributed by atoms with van der Waals surface area (Å²) in [7, 11) is 0. The Balaban J connectivity index is 1.39. The maximum absolute atomic E-state index is 12.0. The molecule has 0 aliphatic rings. The zero-order valence-electron chi connectivity index (χ0n) is 16.2. The van der Waals surface area contributed by atoms with Crippen LogP contribution in [0.3, 0.4) is 0 Å². The van der Waals surface area contributed by atoms with Crippen molar-refractivity contribution in [3.63, 3.8) is 0 Å². The number of nitrogens with zero attached hydrogens (tertiary/aromatic N) is 3. The highest BCUT2D eigenvalue weighted by Gasteiger charge is 2.08. The van der Waals surface area contributed by atoms with Crippen LogP contribution in [0.5, 0.6) is 0 Å². The Labute approximate surface area is 183 Å². The lowest BCUT2D eigenvalue weighted by molar-refractivity contribution is -0.118. The molecule has 0 atom stereocenters. The topological polar surface area (TPSA) is 67.2 Å². The largest absolute Gasteiger partial charge is 0.272 e. The van der Waals surface area contributed by atoms with Gasteiger partial charge < -0.3 is 0 Å². The van der Waals surface area contributed by atoms with Crippen LogP contribution in [0, 0.1) is 0 Å². The molecule has 5 nitrogen and oxygen atoms in total. The molecule has 0 saturated carbocycles. The van der Waals surface area contributed by atoms with Crippen LogP contribution >= 0.6 is 34.9 Å². The zero-order valence-corrected chi connectivity index (χ0v) is 18.7. The Hall–Kier alpha value is -2.16. The molecule has 1 heterocycles. The van der Waals surface area contributed by atoms with Gasteiger partial charge in [0.25, 0.3) is 5.91 Å². The molecular weight excluding hydrogens is 420 g/mol. The molecule has 1 aromatic heterocycles. The first-order chi connectivity index (χ1) is 14.1. The SMILES string of the molecule is CC(C)c1ccc(/C=N/NC(=O)CSc2nnc(SCc3ccccc3)s2)cc1. The van der Waals surface area contributed by atoms with Crippen LogP contribution in [0.1, 0.15) is 36.5 Å². The first-order valence-corrected chi connectivity index (χ1v) is 11.9. The number of benzene rings is 2. The van der Waals surface area contributed by atoms with Gasteiger partial charge in [-0.15, -0.1) is 10.2 Å². The third-order valence-corrected chi connectivity index (χ3v) is 7.19. The van der Waals surface area contributed by atoms with E-state index in [9.17, 15) is 4.79 Å². The van der Waals surface area contributed by atoms with Gasteiger partial charge in [0.1, 0.15) is 0 Å². The van der Waals surface area contributed by atoms with Crippen LogP contribution in [0.2, 0.25) is 0 Å². The normalized spacial score (nSPS) is 11.3. The van der Waals surface area contributed by atoms with E-state index < -0.39 is 0 Å². The minimum atomic E-state index is -0.168. The van der Waals surface area contributed by atoms with Gasteiger partial charge in [0.05, 0.1) is 12.0 Å². The van der Waals surface area contributed by atoms with E-state index >= 15 is 0 Å². The molecule has 8 heteroatoms. The van der Waals surface area contributed by atoms with E-state index in [4.69, 9.17) is 0 Å². The lowest BCUT2D eigenvalue weighted by Crippen LogP contribution is -2.19. The second-order valence-corrected chi connectivity index (χ2v) is 9.93. The third-order valence-electron chi connectivity index (χ3n) is 3.93. The minimum absolute atomic E-state index is 0.168. The number of hydrogen-bond acceptors (Lipinski definition) is 7. The summed E-state index contributed by atoms with van der Waals surface area (Å²) in [5.41, 5.74) is 6.03. The van der Waals surface area contributed by atoms with Crippen LogP contribution in [-0.2, 0) is 10.5 Å². The van der Waals surface area contributed by atoms with Crippen molar-refractivity contribution in [3.8, 4) is 0 Å². The van der Waals surface area contributed by atoms with Crippen molar-refractivity contribution in [2.24, 2.45) is 5.10 Å². The van der Waals surface area contributed by atoms with Crippen molar-refractivity contribution in [2.45, 2.75) is 34.2 Å². The van der Waals surface area contributed by atoms with Gasteiger partial charge in [0.15, 0.2) is 8.68 Å². The lowest BCUT2D eigenvalue weighted by atomic mass is 10.0.